The van der Waals surface area contributed by atoms with Crippen LogP contribution in [0.4, 0.5) is 0 Å². The lowest BCUT2D eigenvalue weighted by Gasteiger charge is -2.05. The van der Waals surface area contributed by atoms with Gasteiger partial charge in [-0.15, -0.1) is 0 Å². The van der Waals surface area contributed by atoms with Crippen LogP contribution in [0.25, 0.3) is 5.69 Å². The Morgan fingerprint density at radius 1 is 1.22 bits per heavy atom. The minimum atomic E-state index is -0.0694. The Morgan fingerprint density at radius 2 is 2.00 bits per heavy atom. The molecule has 0 unspecified atom stereocenters. The number of nitrogens with one attached hydrogen (secondary N) is 2. The molecule has 0 aliphatic rings. The van der Waals surface area contributed by atoms with Gasteiger partial charge in [-0.3, -0.25) is 4.79 Å². The molecule has 0 atom stereocenters. The van der Waals surface area contributed by atoms with E-state index in [0.29, 0.717) is 19.7 Å². The van der Waals surface area contributed by atoms with Crippen LogP contribution in [0.15, 0.2) is 36.5 Å². The number of ether oxygens (including phenoxy) is 2. The molecule has 124 valence electrons. The smallest absolute Gasteiger partial charge is 0.234 e. The standard InChI is InChI=1S/C16H22N4O3/c1-22-10-8-17-12-16(21)18-11-13-7-9-20(19-13)14-3-5-15(23-2)6-4-14/h3-7,9,17H,8,10-12H2,1-2H3,(H,18,21). The van der Waals surface area contributed by atoms with Gasteiger partial charge in [0.1, 0.15) is 5.75 Å². The largest absolute Gasteiger partial charge is 0.497 e. The number of rotatable bonds is 9. The second-order valence-corrected chi connectivity index (χ2v) is 4.90. The third-order valence-electron chi connectivity index (χ3n) is 3.22. The normalized spacial score (nSPS) is 10.5. The molecule has 0 aliphatic carbocycles. The number of aromatic nitrogens is 2. The minimum absolute atomic E-state index is 0.0694. The summed E-state index contributed by atoms with van der Waals surface area (Å²) in [5.74, 6) is 0.731. The van der Waals surface area contributed by atoms with Gasteiger partial charge in [-0.25, -0.2) is 4.68 Å². The summed E-state index contributed by atoms with van der Waals surface area (Å²) in [7, 11) is 3.26. The fraction of sp³-hybridized carbons (Fsp3) is 0.375. The molecule has 23 heavy (non-hydrogen) atoms. The number of carbonyl (C=O) groups excluding carboxylic acids is 1. The van der Waals surface area contributed by atoms with E-state index in [4.69, 9.17) is 9.47 Å². The van der Waals surface area contributed by atoms with Crippen molar-refractivity contribution in [3.8, 4) is 11.4 Å². The first-order valence-electron chi connectivity index (χ1n) is 7.38. The predicted octanol–water partition coefficient (Wildman–Crippen LogP) is 0.733. The zero-order chi connectivity index (χ0) is 16.5. The van der Waals surface area contributed by atoms with Gasteiger partial charge in [-0.1, -0.05) is 0 Å². The topological polar surface area (TPSA) is 77.4 Å². The van der Waals surface area contributed by atoms with E-state index in [1.807, 2.05) is 36.5 Å². The Morgan fingerprint density at radius 3 is 2.70 bits per heavy atom. The molecule has 0 saturated carbocycles. The zero-order valence-electron chi connectivity index (χ0n) is 13.4. The van der Waals surface area contributed by atoms with Crippen molar-refractivity contribution in [1.82, 2.24) is 20.4 Å². The third-order valence-corrected chi connectivity index (χ3v) is 3.22. The lowest BCUT2D eigenvalue weighted by Crippen LogP contribution is -2.34. The van der Waals surface area contributed by atoms with Crippen molar-refractivity contribution in [2.24, 2.45) is 0 Å². The van der Waals surface area contributed by atoms with Crippen molar-refractivity contribution >= 4 is 5.91 Å². The Kier molecular flexibility index (Phi) is 6.58. The quantitative estimate of drug-likeness (QED) is 0.667. The van der Waals surface area contributed by atoms with E-state index in [9.17, 15) is 4.79 Å². The summed E-state index contributed by atoms with van der Waals surface area (Å²) < 4.78 is 11.8. The Hall–Kier alpha value is -2.38. The van der Waals surface area contributed by atoms with Gasteiger partial charge in [0.15, 0.2) is 0 Å². The maximum absolute atomic E-state index is 11.7. The molecule has 2 aromatic rings. The molecule has 0 fully saturated rings. The van der Waals surface area contributed by atoms with E-state index in [-0.39, 0.29) is 12.5 Å². The SMILES string of the molecule is COCCNCC(=O)NCc1ccn(-c2ccc(OC)cc2)n1. The molecule has 0 aliphatic heterocycles. The molecule has 0 radical (unpaired) electrons. The Labute approximate surface area is 135 Å². The van der Waals surface area contributed by atoms with E-state index in [2.05, 4.69) is 15.7 Å². The van der Waals surface area contributed by atoms with Crippen LogP contribution in [-0.2, 0) is 16.1 Å². The summed E-state index contributed by atoms with van der Waals surface area (Å²) in [6.45, 7) is 1.89. The molecule has 2 N–H and O–H groups in total. The number of nitrogens with zero attached hydrogens (tertiary/aromatic N) is 2. The van der Waals surface area contributed by atoms with Crippen molar-refractivity contribution in [3.05, 3.63) is 42.2 Å². The van der Waals surface area contributed by atoms with E-state index >= 15 is 0 Å². The Bertz CT molecular complexity index is 610. The van der Waals surface area contributed by atoms with Gasteiger partial charge in [0.2, 0.25) is 5.91 Å². The van der Waals surface area contributed by atoms with Crippen LogP contribution in [-0.4, -0.2) is 49.6 Å². The summed E-state index contributed by atoms with van der Waals surface area (Å²) in [6, 6.07) is 9.49. The minimum Gasteiger partial charge on any atom is -0.497 e. The number of methoxy groups -OCH3 is 2. The fourth-order valence-electron chi connectivity index (χ4n) is 1.96. The number of hydrogen-bond donors (Lipinski definition) is 2. The number of benzene rings is 1. The molecule has 7 heteroatoms. The molecule has 1 aromatic heterocycles. The van der Waals surface area contributed by atoms with Crippen LogP contribution in [0.3, 0.4) is 0 Å². The third kappa shape index (κ3) is 5.39. The second kappa shape index (κ2) is 8.92. The molecular formula is C16H22N4O3. The highest BCUT2D eigenvalue weighted by Crippen LogP contribution is 2.14. The first-order valence-corrected chi connectivity index (χ1v) is 7.38. The van der Waals surface area contributed by atoms with Crippen LogP contribution >= 0.6 is 0 Å². The van der Waals surface area contributed by atoms with Crippen molar-refractivity contribution in [2.75, 3.05) is 33.9 Å². The van der Waals surface area contributed by atoms with Crippen LogP contribution in [0.2, 0.25) is 0 Å². The van der Waals surface area contributed by atoms with Crippen molar-refractivity contribution in [3.63, 3.8) is 0 Å². The van der Waals surface area contributed by atoms with Gasteiger partial charge in [-0.2, -0.15) is 5.10 Å². The van der Waals surface area contributed by atoms with Gasteiger partial charge in [0.05, 0.1) is 38.2 Å². The number of hydrogen-bond acceptors (Lipinski definition) is 5. The maximum atomic E-state index is 11.7. The van der Waals surface area contributed by atoms with Crippen LogP contribution in [0.1, 0.15) is 5.69 Å². The molecule has 1 amide bonds. The van der Waals surface area contributed by atoms with Crippen LogP contribution < -0.4 is 15.4 Å². The zero-order valence-corrected chi connectivity index (χ0v) is 13.4. The number of carbonyl (C=O) groups is 1. The van der Waals surface area contributed by atoms with E-state index in [1.54, 1.807) is 18.9 Å². The van der Waals surface area contributed by atoms with Crippen molar-refractivity contribution < 1.29 is 14.3 Å². The first kappa shape index (κ1) is 17.0. The van der Waals surface area contributed by atoms with Crippen molar-refractivity contribution in [1.29, 1.82) is 0 Å². The summed E-state index contributed by atoms with van der Waals surface area (Å²) in [5, 5.41) is 10.2. The summed E-state index contributed by atoms with van der Waals surface area (Å²) in [4.78, 5) is 11.7. The predicted molar refractivity (Wildman–Crippen MR) is 86.7 cm³/mol. The maximum Gasteiger partial charge on any atom is 0.234 e. The number of amides is 1. The van der Waals surface area contributed by atoms with Crippen molar-refractivity contribution in [2.45, 2.75) is 6.54 Å². The fourth-order valence-corrected chi connectivity index (χ4v) is 1.96. The van der Waals surface area contributed by atoms with Gasteiger partial charge >= 0.3 is 0 Å². The lowest BCUT2D eigenvalue weighted by molar-refractivity contribution is -0.120. The molecule has 0 bridgehead atoms. The summed E-state index contributed by atoms with van der Waals surface area (Å²) in [6.07, 6.45) is 1.86. The van der Waals surface area contributed by atoms with Gasteiger partial charge in [-0.05, 0) is 30.3 Å². The highest BCUT2D eigenvalue weighted by molar-refractivity contribution is 5.77. The molecule has 1 aromatic carbocycles. The monoisotopic (exact) mass is 318 g/mol. The average molecular weight is 318 g/mol. The second-order valence-electron chi connectivity index (χ2n) is 4.90. The molecule has 0 spiro atoms. The van der Waals surface area contributed by atoms with Crippen LogP contribution in [0, 0.1) is 0 Å². The van der Waals surface area contributed by atoms with E-state index in [1.165, 1.54) is 0 Å². The Balaban J connectivity index is 1.81. The van der Waals surface area contributed by atoms with Gasteiger partial charge < -0.3 is 20.1 Å². The highest BCUT2D eigenvalue weighted by Gasteiger charge is 2.04. The summed E-state index contributed by atoms with van der Waals surface area (Å²) in [5.41, 5.74) is 1.73. The first-order chi connectivity index (χ1) is 11.2. The molecule has 2 rings (SSSR count). The van der Waals surface area contributed by atoms with E-state index < -0.39 is 0 Å². The van der Waals surface area contributed by atoms with Gasteiger partial charge in [0.25, 0.3) is 0 Å². The molecule has 1 heterocycles. The van der Waals surface area contributed by atoms with Crippen LogP contribution in [0.5, 0.6) is 5.75 Å². The van der Waals surface area contributed by atoms with Gasteiger partial charge in [0, 0.05) is 19.9 Å². The molecule has 0 saturated heterocycles. The average Bonchev–Trinajstić information content (AvgIpc) is 3.06. The van der Waals surface area contributed by atoms with E-state index in [0.717, 1.165) is 17.1 Å². The molecular weight excluding hydrogens is 296 g/mol. The highest BCUT2D eigenvalue weighted by atomic mass is 16.5. The summed E-state index contributed by atoms with van der Waals surface area (Å²) >= 11 is 0. The lowest BCUT2D eigenvalue weighted by atomic mass is 10.3. The molecule has 7 nitrogen and oxygen atoms in total.